The molecule has 0 aromatic heterocycles. The van der Waals surface area contributed by atoms with E-state index in [0.717, 1.165) is 30.5 Å². The number of piperidine rings is 1. The molecule has 0 atom stereocenters. The highest BCUT2D eigenvalue weighted by Gasteiger charge is 2.29. The van der Waals surface area contributed by atoms with E-state index in [2.05, 4.69) is 4.90 Å². The molecule has 1 amide bonds. The summed E-state index contributed by atoms with van der Waals surface area (Å²) in [4.78, 5) is 17.4. The molecule has 6 nitrogen and oxygen atoms in total. The number of nitrogens with zero attached hydrogens (tertiary/aromatic N) is 3. The van der Waals surface area contributed by atoms with Crippen molar-refractivity contribution in [3.8, 4) is 0 Å². The van der Waals surface area contributed by atoms with E-state index in [0.29, 0.717) is 49.9 Å². The van der Waals surface area contributed by atoms with Crippen molar-refractivity contribution in [1.29, 1.82) is 0 Å². The van der Waals surface area contributed by atoms with Gasteiger partial charge >= 0.3 is 0 Å². The summed E-state index contributed by atoms with van der Waals surface area (Å²) in [6.07, 6.45) is 2.82. The number of carbonyl (C=O) groups excluding carboxylic acids is 1. The van der Waals surface area contributed by atoms with Gasteiger partial charge < -0.3 is 9.80 Å². The number of anilines is 1. The summed E-state index contributed by atoms with van der Waals surface area (Å²) in [7, 11) is -3.58. The molecule has 0 aliphatic carbocycles. The molecular formula is C23H28ClN3O3S. The Hall–Kier alpha value is -2.09. The number of amides is 1. The Bertz CT molecular complexity index is 1060. The fraction of sp³-hybridized carbons (Fsp3) is 0.435. The molecule has 2 aliphatic heterocycles. The molecule has 0 saturated carbocycles. The SMILES string of the molecule is Cc1ccc(S(=O)(=O)N2CCCCC2)cc1C(=O)N1CCN(c2ccccc2Cl)CC1. The normalized spacial score (nSPS) is 18.3. The van der Waals surface area contributed by atoms with Gasteiger partial charge in [-0.2, -0.15) is 4.31 Å². The van der Waals surface area contributed by atoms with Crippen LogP contribution in [0.4, 0.5) is 5.69 Å². The lowest BCUT2D eigenvalue weighted by Crippen LogP contribution is -2.49. The molecular weight excluding hydrogens is 434 g/mol. The van der Waals surface area contributed by atoms with E-state index in [1.807, 2.05) is 31.2 Å². The van der Waals surface area contributed by atoms with Crippen molar-refractivity contribution < 1.29 is 13.2 Å². The average molecular weight is 462 g/mol. The third kappa shape index (κ3) is 4.59. The van der Waals surface area contributed by atoms with Crippen LogP contribution in [-0.4, -0.2) is 62.8 Å². The Balaban J connectivity index is 1.50. The second kappa shape index (κ2) is 9.18. The van der Waals surface area contributed by atoms with Gasteiger partial charge in [0.2, 0.25) is 10.0 Å². The molecule has 2 aromatic rings. The molecule has 2 heterocycles. The zero-order valence-electron chi connectivity index (χ0n) is 17.8. The van der Waals surface area contributed by atoms with Crippen LogP contribution in [0.5, 0.6) is 0 Å². The van der Waals surface area contributed by atoms with Crippen LogP contribution >= 0.6 is 11.6 Å². The van der Waals surface area contributed by atoms with Crippen molar-refractivity contribution in [1.82, 2.24) is 9.21 Å². The molecule has 0 spiro atoms. The lowest BCUT2D eigenvalue weighted by molar-refractivity contribution is 0.0746. The molecule has 4 rings (SSSR count). The Kier molecular flexibility index (Phi) is 6.55. The van der Waals surface area contributed by atoms with Gasteiger partial charge in [-0.3, -0.25) is 4.79 Å². The fourth-order valence-electron chi connectivity index (χ4n) is 4.28. The predicted octanol–water partition coefficient (Wildman–Crippen LogP) is 3.79. The maximum atomic E-state index is 13.3. The first kappa shape index (κ1) is 22.1. The van der Waals surface area contributed by atoms with Gasteiger partial charge in [-0.15, -0.1) is 0 Å². The van der Waals surface area contributed by atoms with Gasteiger partial charge in [0.1, 0.15) is 0 Å². The Morgan fingerprint density at radius 1 is 0.903 bits per heavy atom. The monoisotopic (exact) mass is 461 g/mol. The summed E-state index contributed by atoms with van der Waals surface area (Å²) in [6.45, 7) is 5.43. The van der Waals surface area contributed by atoms with Gasteiger partial charge in [0.25, 0.3) is 5.91 Å². The van der Waals surface area contributed by atoms with Gasteiger partial charge in [-0.05, 0) is 49.6 Å². The molecule has 8 heteroatoms. The number of piperazine rings is 1. The number of aryl methyl sites for hydroxylation is 1. The lowest BCUT2D eigenvalue weighted by Gasteiger charge is -2.36. The minimum absolute atomic E-state index is 0.119. The number of hydrogen-bond acceptors (Lipinski definition) is 4. The first-order valence-electron chi connectivity index (χ1n) is 10.8. The smallest absolute Gasteiger partial charge is 0.254 e. The summed E-state index contributed by atoms with van der Waals surface area (Å²) < 4.78 is 27.7. The maximum absolute atomic E-state index is 13.3. The molecule has 0 N–H and O–H groups in total. The van der Waals surface area contributed by atoms with Gasteiger partial charge in [0, 0.05) is 44.8 Å². The highest BCUT2D eigenvalue weighted by Crippen LogP contribution is 2.27. The molecule has 31 heavy (non-hydrogen) atoms. The van der Waals surface area contributed by atoms with Crippen LogP contribution in [0.2, 0.25) is 5.02 Å². The molecule has 166 valence electrons. The molecule has 0 radical (unpaired) electrons. The summed E-state index contributed by atoms with van der Waals surface area (Å²) in [5.41, 5.74) is 2.22. The average Bonchev–Trinajstić information content (AvgIpc) is 2.80. The van der Waals surface area contributed by atoms with Crippen molar-refractivity contribution in [3.63, 3.8) is 0 Å². The summed E-state index contributed by atoms with van der Waals surface area (Å²) >= 11 is 6.31. The quantitative estimate of drug-likeness (QED) is 0.695. The summed E-state index contributed by atoms with van der Waals surface area (Å²) in [6, 6.07) is 12.6. The summed E-state index contributed by atoms with van der Waals surface area (Å²) in [5.74, 6) is -0.119. The van der Waals surface area contributed by atoms with E-state index < -0.39 is 10.0 Å². The van der Waals surface area contributed by atoms with E-state index in [4.69, 9.17) is 11.6 Å². The standard InChI is InChI=1S/C23H28ClN3O3S/c1-18-9-10-19(31(29,30)27-11-5-2-6-12-27)17-20(18)23(28)26-15-13-25(14-16-26)22-8-4-3-7-21(22)24/h3-4,7-10,17H,2,5-6,11-16H2,1H3. The van der Waals surface area contributed by atoms with Crippen LogP contribution in [0.1, 0.15) is 35.2 Å². The Morgan fingerprint density at radius 3 is 2.26 bits per heavy atom. The fourth-order valence-corrected chi connectivity index (χ4v) is 6.07. The topological polar surface area (TPSA) is 60.9 Å². The molecule has 2 aliphatic rings. The minimum Gasteiger partial charge on any atom is -0.367 e. The van der Waals surface area contributed by atoms with Crippen LogP contribution in [0.3, 0.4) is 0 Å². The first-order valence-corrected chi connectivity index (χ1v) is 12.6. The predicted molar refractivity (Wildman–Crippen MR) is 123 cm³/mol. The number of rotatable bonds is 4. The zero-order valence-corrected chi connectivity index (χ0v) is 19.3. The van der Waals surface area contributed by atoms with E-state index >= 15 is 0 Å². The van der Waals surface area contributed by atoms with Crippen LogP contribution in [-0.2, 0) is 10.0 Å². The van der Waals surface area contributed by atoms with E-state index in [-0.39, 0.29) is 10.8 Å². The van der Waals surface area contributed by atoms with E-state index in [1.165, 1.54) is 4.31 Å². The molecule has 0 unspecified atom stereocenters. The number of hydrogen-bond donors (Lipinski definition) is 0. The third-order valence-electron chi connectivity index (χ3n) is 6.15. The van der Waals surface area contributed by atoms with Crippen molar-refractivity contribution in [2.75, 3.05) is 44.2 Å². The van der Waals surface area contributed by atoms with Crippen molar-refractivity contribution >= 4 is 33.2 Å². The number of para-hydroxylation sites is 1. The second-order valence-corrected chi connectivity index (χ2v) is 10.5. The highest BCUT2D eigenvalue weighted by atomic mass is 35.5. The van der Waals surface area contributed by atoms with E-state index in [9.17, 15) is 13.2 Å². The maximum Gasteiger partial charge on any atom is 0.254 e. The third-order valence-corrected chi connectivity index (χ3v) is 8.37. The number of halogens is 1. The zero-order chi connectivity index (χ0) is 22.0. The Labute approximate surface area is 189 Å². The van der Waals surface area contributed by atoms with Gasteiger partial charge in [0.15, 0.2) is 0 Å². The largest absolute Gasteiger partial charge is 0.367 e. The second-order valence-electron chi connectivity index (χ2n) is 8.17. The van der Waals surface area contributed by atoms with Crippen molar-refractivity contribution in [2.24, 2.45) is 0 Å². The number of sulfonamides is 1. The van der Waals surface area contributed by atoms with E-state index in [1.54, 1.807) is 23.1 Å². The van der Waals surface area contributed by atoms with Crippen molar-refractivity contribution in [3.05, 3.63) is 58.6 Å². The van der Waals surface area contributed by atoms with Gasteiger partial charge in [-0.1, -0.05) is 36.2 Å². The molecule has 2 aromatic carbocycles. The lowest BCUT2D eigenvalue weighted by atomic mass is 10.1. The minimum atomic E-state index is -3.58. The Morgan fingerprint density at radius 2 is 1.58 bits per heavy atom. The van der Waals surface area contributed by atoms with Gasteiger partial charge in [-0.25, -0.2) is 8.42 Å². The first-order chi connectivity index (χ1) is 14.9. The van der Waals surface area contributed by atoms with Crippen LogP contribution in [0.15, 0.2) is 47.4 Å². The number of carbonyl (C=O) groups is 1. The van der Waals surface area contributed by atoms with Crippen molar-refractivity contribution in [2.45, 2.75) is 31.1 Å². The van der Waals surface area contributed by atoms with Crippen LogP contribution in [0, 0.1) is 6.92 Å². The molecule has 2 saturated heterocycles. The molecule has 2 fully saturated rings. The molecule has 0 bridgehead atoms. The van der Waals surface area contributed by atoms with Gasteiger partial charge in [0.05, 0.1) is 15.6 Å². The summed E-state index contributed by atoms with van der Waals surface area (Å²) in [5, 5.41) is 0.703. The van der Waals surface area contributed by atoms with Crippen LogP contribution < -0.4 is 4.90 Å². The highest BCUT2D eigenvalue weighted by molar-refractivity contribution is 7.89. The van der Waals surface area contributed by atoms with Crippen LogP contribution in [0.25, 0.3) is 0 Å². The number of benzene rings is 2.